The number of amides is 2. The Morgan fingerprint density at radius 2 is 1.62 bits per heavy atom. The molecule has 0 aliphatic heterocycles. The fourth-order valence-corrected chi connectivity index (χ4v) is 3.23. The van der Waals surface area contributed by atoms with Crippen molar-refractivity contribution in [1.29, 1.82) is 0 Å². The first-order chi connectivity index (χ1) is 12.0. The van der Waals surface area contributed by atoms with Gasteiger partial charge >= 0.3 is 12.2 Å². The first kappa shape index (κ1) is 19.9. The van der Waals surface area contributed by atoms with E-state index in [1.54, 1.807) is 0 Å². The number of urea groups is 1. The van der Waals surface area contributed by atoms with E-state index in [0.29, 0.717) is 11.8 Å². The Morgan fingerprint density at radius 1 is 1.04 bits per heavy atom. The SMILES string of the molecule is CNC(=O)Nc1ccc(NS(=O)(=O)c2ccc(Cl)c(C(F)(F)F)c2)cc1. The van der Waals surface area contributed by atoms with Crippen LogP contribution in [0.3, 0.4) is 0 Å². The number of hydrogen-bond acceptors (Lipinski definition) is 3. The summed E-state index contributed by atoms with van der Waals surface area (Å²) >= 11 is 5.49. The second-order valence-electron chi connectivity index (χ2n) is 5.03. The van der Waals surface area contributed by atoms with Gasteiger partial charge in [0.15, 0.2) is 0 Å². The van der Waals surface area contributed by atoms with Crippen molar-refractivity contribution >= 4 is 39.0 Å². The molecule has 3 N–H and O–H groups in total. The van der Waals surface area contributed by atoms with E-state index in [2.05, 4.69) is 15.4 Å². The molecule has 2 amide bonds. The van der Waals surface area contributed by atoms with Gasteiger partial charge in [-0.1, -0.05) is 11.6 Å². The third kappa shape index (κ3) is 4.79. The molecule has 0 aromatic heterocycles. The molecule has 0 aliphatic carbocycles. The van der Waals surface area contributed by atoms with Crippen LogP contribution in [0.4, 0.5) is 29.3 Å². The van der Waals surface area contributed by atoms with Gasteiger partial charge in [0.25, 0.3) is 10.0 Å². The lowest BCUT2D eigenvalue weighted by atomic mass is 10.2. The highest BCUT2D eigenvalue weighted by atomic mass is 35.5. The molecule has 0 saturated heterocycles. The largest absolute Gasteiger partial charge is 0.417 e. The van der Waals surface area contributed by atoms with Crippen molar-refractivity contribution in [3.05, 3.63) is 53.1 Å². The molecular formula is C15H13ClF3N3O3S. The second-order valence-corrected chi connectivity index (χ2v) is 7.12. The zero-order chi connectivity index (χ0) is 19.5. The van der Waals surface area contributed by atoms with Crippen LogP contribution in [0, 0.1) is 0 Å². The molecule has 2 rings (SSSR count). The second kappa shape index (κ2) is 7.42. The molecule has 0 unspecified atom stereocenters. The number of alkyl halides is 3. The molecule has 2 aromatic rings. The monoisotopic (exact) mass is 407 g/mol. The minimum atomic E-state index is -4.78. The van der Waals surface area contributed by atoms with E-state index in [-0.39, 0.29) is 5.69 Å². The van der Waals surface area contributed by atoms with E-state index in [1.807, 2.05) is 0 Å². The third-order valence-electron chi connectivity index (χ3n) is 3.18. The number of hydrogen-bond donors (Lipinski definition) is 3. The fourth-order valence-electron chi connectivity index (χ4n) is 1.92. The van der Waals surface area contributed by atoms with Crippen LogP contribution >= 0.6 is 11.6 Å². The zero-order valence-electron chi connectivity index (χ0n) is 13.2. The van der Waals surface area contributed by atoms with Gasteiger partial charge in [-0.2, -0.15) is 13.2 Å². The van der Waals surface area contributed by atoms with Gasteiger partial charge in [0.2, 0.25) is 0 Å². The predicted molar refractivity (Wildman–Crippen MR) is 91.8 cm³/mol. The summed E-state index contributed by atoms with van der Waals surface area (Å²) in [6.45, 7) is 0. The molecule has 0 bridgehead atoms. The molecule has 0 fully saturated rings. The molecule has 140 valence electrons. The van der Waals surface area contributed by atoms with Gasteiger partial charge in [-0.25, -0.2) is 13.2 Å². The van der Waals surface area contributed by atoms with Gasteiger partial charge in [0.1, 0.15) is 0 Å². The average Bonchev–Trinajstić information content (AvgIpc) is 2.55. The third-order valence-corrected chi connectivity index (χ3v) is 4.88. The molecule has 0 heterocycles. The van der Waals surface area contributed by atoms with Crippen molar-refractivity contribution < 1.29 is 26.4 Å². The number of halogens is 4. The van der Waals surface area contributed by atoms with E-state index in [1.165, 1.54) is 31.3 Å². The standard InChI is InChI=1S/C15H13ClF3N3O3S/c1-20-14(23)21-9-2-4-10(5-3-9)22-26(24,25)11-6-7-13(16)12(8-11)15(17,18)19/h2-8,22H,1H3,(H2,20,21,23). The van der Waals surface area contributed by atoms with E-state index in [0.717, 1.165) is 12.1 Å². The Hall–Kier alpha value is -2.46. The van der Waals surface area contributed by atoms with Gasteiger partial charge < -0.3 is 10.6 Å². The molecule has 0 saturated carbocycles. The molecule has 0 radical (unpaired) electrons. The van der Waals surface area contributed by atoms with Crippen molar-refractivity contribution in [1.82, 2.24) is 5.32 Å². The van der Waals surface area contributed by atoms with Gasteiger partial charge in [-0.15, -0.1) is 0 Å². The van der Waals surface area contributed by atoms with Crippen molar-refractivity contribution in [2.75, 3.05) is 17.1 Å². The van der Waals surface area contributed by atoms with Gasteiger partial charge in [0, 0.05) is 18.4 Å². The van der Waals surface area contributed by atoms with Crippen LogP contribution < -0.4 is 15.4 Å². The first-order valence-electron chi connectivity index (χ1n) is 7.01. The Morgan fingerprint density at radius 3 is 2.15 bits per heavy atom. The molecule has 2 aromatic carbocycles. The van der Waals surface area contributed by atoms with Crippen LogP contribution in [0.15, 0.2) is 47.4 Å². The molecule has 0 atom stereocenters. The smallest absolute Gasteiger partial charge is 0.341 e. The highest BCUT2D eigenvalue weighted by molar-refractivity contribution is 7.92. The Bertz CT molecular complexity index is 916. The summed E-state index contributed by atoms with van der Waals surface area (Å²) in [5.74, 6) is 0. The number of benzene rings is 2. The van der Waals surface area contributed by atoms with Crippen LogP contribution in [0.25, 0.3) is 0 Å². The maximum Gasteiger partial charge on any atom is 0.417 e. The summed E-state index contributed by atoms with van der Waals surface area (Å²) in [7, 11) is -2.83. The summed E-state index contributed by atoms with van der Waals surface area (Å²) < 4.78 is 65.4. The lowest BCUT2D eigenvalue weighted by Crippen LogP contribution is -2.24. The molecule has 11 heteroatoms. The van der Waals surface area contributed by atoms with Crippen LogP contribution in [0.2, 0.25) is 5.02 Å². The van der Waals surface area contributed by atoms with E-state index < -0.39 is 37.7 Å². The number of nitrogens with one attached hydrogen (secondary N) is 3. The van der Waals surface area contributed by atoms with Gasteiger partial charge in [0.05, 0.1) is 15.5 Å². The van der Waals surface area contributed by atoms with Crippen LogP contribution in [-0.2, 0) is 16.2 Å². The number of carbonyl (C=O) groups is 1. The number of anilines is 2. The Labute approximate surface area is 152 Å². The Kier molecular flexibility index (Phi) is 5.67. The van der Waals surface area contributed by atoms with Crippen molar-refractivity contribution in [2.45, 2.75) is 11.1 Å². The van der Waals surface area contributed by atoms with E-state index >= 15 is 0 Å². The molecular weight excluding hydrogens is 395 g/mol. The lowest BCUT2D eigenvalue weighted by molar-refractivity contribution is -0.137. The maximum atomic E-state index is 12.9. The summed E-state index contributed by atoms with van der Waals surface area (Å²) in [5.41, 5.74) is -0.735. The number of rotatable bonds is 4. The van der Waals surface area contributed by atoms with E-state index in [9.17, 15) is 26.4 Å². The highest BCUT2D eigenvalue weighted by Gasteiger charge is 2.34. The minimum Gasteiger partial charge on any atom is -0.341 e. The zero-order valence-corrected chi connectivity index (χ0v) is 14.8. The van der Waals surface area contributed by atoms with Crippen molar-refractivity contribution in [2.24, 2.45) is 0 Å². The van der Waals surface area contributed by atoms with Crippen LogP contribution in [0.1, 0.15) is 5.56 Å². The van der Waals surface area contributed by atoms with Gasteiger partial charge in [-0.3, -0.25) is 4.72 Å². The first-order valence-corrected chi connectivity index (χ1v) is 8.87. The predicted octanol–water partition coefficient (Wildman–Crippen LogP) is 3.91. The molecule has 0 spiro atoms. The van der Waals surface area contributed by atoms with Crippen LogP contribution in [0.5, 0.6) is 0 Å². The highest BCUT2D eigenvalue weighted by Crippen LogP contribution is 2.36. The fraction of sp³-hybridized carbons (Fsp3) is 0.133. The summed E-state index contributed by atoms with van der Waals surface area (Å²) in [4.78, 5) is 10.6. The number of sulfonamides is 1. The van der Waals surface area contributed by atoms with Crippen molar-refractivity contribution in [3.8, 4) is 0 Å². The average molecular weight is 408 g/mol. The van der Waals surface area contributed by atoms with Crippen molar-refractivity contribution in [3.63, 3.8) is 0 Å². The number of carbonyl (C=O) groups excluding carboxylic acids is 1. The summed E-state index contributed by atoms with van der Waals surface area (Å²) in [5, 5.41) is 4.23. The normalized spacial score (nSPS) is 11.7. The summed E-state index contributed by atoms with van der Waals surface area (Å²) in [6, 6.07) is 7.40. The minimum absolute atomic E-state index is 0.107. The quantitative estimate of drug-likeness (QED) is 0.718. The summed E-state index contributed by atoms with van der Waals surface area (Å²) in [6.07, 6.45) is -4.78. The lowest BCUT2D eigenvalue weighted by Gasteiger charge is -2.13. The van der Waals surface area contributed by atoms with Crippen LogP contribution in [-0.4, -0.2) is 21.5 Å². The molecule has 6 nitrogen and oxygen atoms in total. The van der Waals surface area contributed by atoms with Gasteiger partial charge in [-0.05, 0) is 42.5 Å². The van der Waals surface area contributed by atoms with E-state index in [4.69, 9.17) is 11.6 Å². The topological polar surface area (TPSA) is 87.3 Å². The molecule has 26 heavy (non-hydrogen) atoms. The molecule has 0 aliphatic rings. The Balaban J connectivity index is 2.25. The maximum absolute atomic E-state index is 12.9.